The molecule has 8 nitrogen and oxygen atoms in total. The van der Waals surface area contributed by atoms with Gasteiger partial charge in [-0.25, -0.2) is 4.98 Å². The maximum absolute atomic E-state index is 6.19. The molecule has 3 atom stereocenters. The minimum Gasteiger partial charge on any atom is -0.355 e. The van der Waals surface area contributed by atoms with Crippen molar-refractivity contribution in [2.75, 3.05) is 11.9 Å². The smallest absolute Gasteiger partial charge is 0.151 e. The molecule has 3 heterocycles. The molecule has 1 saturated carbocycles. The van der Waals surface area contributed by atoms with Crippen molar-refractivity contribution in [2.45, 2.75) is 51.6 Å². The van der Waals surface area contributed by atoms with E-state index in [1.807, 2.05) is 18.3 Å². The highest BCUT2D eigenvalue weighted by Gasteiger charge is 2.29. The fourth-order valence-corrected chi connectivity index (χ4v) is 4.11. The van der Waals surface area contributed by atoms with Gasteiger partial charge in [-0.15, -0.1) is 10.2 Å². The van der Waals surface area contributed by atoms with Crippen LogP contribution in [-0.4, -0.2) is 49.5 Å². The molecule has 3 N–H and O–H groups in total. The molecule has 0 amide bonds. The Bertz CT molecular complexity index is 938. The molecule has 4 rings (SSSR count). The summed E-state index contributed by atoms with van der Waals surface area (Å²) >= 11 is 0. The van der Waals surface area contributed by atoms with Crippen LogP contribution in [0.25, 0.3) is 22.6 Å². The van der Waals surface area contributed by atoms with Gasteiger partial charge in [0.1, 0.15) is 11.4 Å². The van der Waals surface area contributed by atoms with Gasteiger partial charge < -0.3 is 10.6 Å². The van der Waals surface area contributed by atoms with Gasteiger partial charge in [-0.1, -0.05) is 13.8 Å². The monoisotopic (exact) mass is 392 g/mol. The molecule has 8 heteroatoms. The summed E-state index contributed by atoms with van der Waals surface area (Å²) in [5.74, 6) is 1.45. The molecule has 3 unspecified atom stereocenters. The van der Waals surface area contributed by atoms with Crippen molar-refractivity contribution in [1.29, 1.82) is 0 Å². The lowest BCUT2D eigenvalue weighted by Crippen LogP contribution is -2.45. The van der Waals surface area contributed by atoms with E-state index in [-0.39, 0.29) is 6.04 Å². The van der Waals surface area contributed by atoms with Crippen molar-refractivity contribution in [3.63, 3.8) is 0 Å². The van der Waals surface area contributed by atoms with Crippen LogP contribution in [-0.2, 0) is 6.42 Å². The number of aromatic nitrogens is 6. The quantitative estimate of drug-likeness (QED) is 0.687. The van der Waals surface area contributed by atoms with Crippen LogP contribution >= 0.6 is 0 Å². The molecule has 0 spiro atoms. The molecule has 0 aliphatic heterocycles. The Morgan fingerprint density at radius 1 is 1.17 bits per heavy atom. The van der Waals surface area contributed by atoms with Gasteiger partial charge >= 0.3 is 0 Å². The van der Waals surface area contributed by atoms with Crippen molar-refractivity contribution in [2.24, 2.45) is 11.7 Å². The number of anilines is 1. The zero-order valence-electron chi connectivity index (χ0n) is 17.2. The van der Waals surface area contributed by atoms with Crippen molar-refractivity contribution < 1.29 is 0 Å². The molecule has 29 heavy (non-hydrogen) atoms. The number of nitrogens with zero attached hydrogens (tertiary/aromatic N) is 6. The average molecular weight is 393 g/mol. The Morgan fingerprint density at radius 3 is 2.72 bits per heavy atom. The number of aryl methyl sites for hydroxylation is 1. The predicted molar refractivity (Wildman–Crippen MR) is 113 cm³/mol. The standard InChI is InChI=1S/C21H28N8/c1-4-16-21(14-10-24-25-11-14)23-12-18(26-16)17-7-8-20(28-27-17)29(3)19-9-15(22)6-5-13(19)2/h7-8,10-13,15,19H,4-6,9,22H2,1-3H3,(H,24,25). The van der Waals surface area contributed by atoms with Crippen LogP contribution in [0.15, 0.2) is 30.7 Å². The molecular weight excluding hydrogens is 364 g/mol. The largest absolute Gasteiger partial charge is 0.355 e. The number of nitrogens with one attached hydrogen (secondary N) is 1. The third kappa shape index (κ3) is 3.98. The Balaban J connectivity index is 1.56. The first-order chi connectivity index (χ1) is 14.1. The van der Waals surface area contributed by atoms with Crippen LogP contribution in [0.5, 0.6) is 0 Å². The summed E-state index contributed by atoms with van der Waals surface area (Å²) in [5.41, 5.74) is 10.3. The van der Waals surface area contributed by atoms with E-state index < -0.39 is 0 Å². The highest BCUT2D eigenvalue weighted by atomic mass is 15.3. The first-order valence-corrected chi connectivity index (χ1v) is 10.2. The normalized spacial score (nSPS) is 21.9. The molecule has 0 bridgehead atoms. The first-order valence-electron chi connectivity index (χ1n) is 10.2. The molecule has 0 aromatic carbocycles. The molecule has 1 fully saturated rings. The SMILES string of the molecule is CCc1nc(-c2ccc(N(C)C3CC(N)CCC3C)nn2)cnc1-c1cn[nH]c1. The Kier molecular flexibility index (Phi) is 5.53. The van der Waals surface area contributed by atoms with Gasteiger partial charge in [-0.3, -0.25) is 10.1 Å². The van der Waals surface area contributed by atoms with Crippen LogP contribution in [0.1, 0.15) is 38.8 Å². The summed E-state index contributed by atoms with van der Waals surface area (Å²) in [4.78, 5) is 11.6. The van der Waals surface area contributed by atoms with Crippen LogP contribution in [0, 0.1) is 5.92 Å². The fourth-order valence-electron chi connectivity index (χ4n) is 4.11. The number of rotatable bonds is 5. The minimum atomic E-state index is 0.266. The third-order valence-corrected chi connectivity index (χ3v) is 5.92. The van der Waals surface area contributed by atoms with E-state index in [2.05, 4.69) is 51.2 Å². The highest BCUT2D eigenvalue weighted by molar-refractivity contribution is 5.63. The first kappa shape index (κ1) is 19.4. The van der Waals surface area contributed by atoms with E-state index in [4.69, 9.17) is 10.7 Å². The summed E-state index contributed by atoms with van der Waals surface area (Å²) < 4.78 is 0. The average Bonchev–Trinajstić information content (AvgIpc) is 3.29. The van der Waals surface area contributed by atoms with Gasteiger partial charge in [-0.05, 0) is 43.7 Å². The van der Waals surface area contributed by atoms with Gasteiger partial charge in [0.2, 0.25) is 0 Å². The van der Waals surface area contributed by atoms with Crippen LogP contribution in [0.4, 0.5) is 5.82 Å². The zero-order chi connectivity index (χ0) is 20.4. The van der Waals surface area contributed by atoms with Crippen molar-refractivity contribution in [3.8, 4) is 22.6 Å². The summed E-state index contributed by atoms with van der Waals surface area (Å²) in [6.45, 7) is 4.36. The Labute approximate surface area is 171 Å². The van der Waals surface area contributed by atoms with Gasteiger partial charge in [0.05, 0.1) is 23.8 Å². The molecule has 0 radical (unpaired) electrons. The van der Waals surface area contributed by atoms with E-state index in [1.54, 1.807) is 12.4 Å². The molecule has 3 aromatic rings. The van der Waals surface area contributed by atoms with Gasteiger partial charge in [0.15, 0.2) is 5.82 Å². The maximum atomic E-state index is 6.19. The molecule has 0 saturated heterocycles. The number of hydrogen-bond donors (Lipinski definition) is 2. The van der Waals surface area contributed by atoms with E-state index in [0.29, 0.717) is 12.0 Å². The minimum absolute atomic E-state index is 0.266. The topological polar surface area (TPSA) is 110 Å². The van der Waals surface area contributed by atoms with E-state index >= 15 is 0 Å². The van der Waals surface area contributed by atoms with E-state index in [9.17, 15) is 0 Å². The van der Waals surface area contributed by atoms with Crippen LogP contribution in [0.2, 0.25) is 0 Å². The Hall–Kier alpha value is -2.87. The lowest BCUT2D eigenvalue weighted by molar-refractivity contribution is 0.292. The van der Waals surface area contributed by atoms with Gasteiger partial charge in [0.25, 0.3) is 0 Å². The van der Waals surface area contributed by atoms with Gasteiger partial charge in [0, 0.05) is 30.9 Å². The Morgan fingerprint density at radius 2 is 2.03 bits per heavy atom. The van der Waals surface area contributed by atoms with Crippen LogP contribution in [0.3, 0.4) is 0 Å². The van der Waals surface area contributed by atoms with Crippen molar-refractivity contribution in [3.05, 3.63) is 36.4 Å². The number of hydrogen-bond acceptors (Lipinski definition) is 7. The number of H-pyrrole nitrogens is 1. The number of aromatic amines is 1. The highest BCUT2D eigenvalue weighted by Crippen LogP contribution is 2.29. The second kappa shape index (κ2) is 8.24. The summed E-state index contributed by atoms with van der Waals surface area (Å²) in [6.07, 6.45) is 9.34. The lowest BCUT2D eigenvalue weighted by Gasteiger charge is -2.39. The predicted octanol–water partition coefficient (Wildman–Crippen LogP) is 2.84. The number of nitrogens with two attached hydrogens (primary N) is 1. The fraction of sp³-hybridized carbons (Fsp3) is 0.476. The van der Waals surface area contributed by atoms with Gasteiger partial charge in [-0.2, -0.15) is 5.10 Å². The summed E-state index contributed by atoms with van der Waals surface area (Å²) in [5, 5.41) is 15.7. The van der Waals surface area contributed by atoms with E-state index in [0.717, 1.165) is 59.8 Å². The maximum Gasteiger partial charge on any atom is 0.151 e. The van der Waals surface area contributed by atoms with Crippen LogP contribution < -0.4 is 10.6 Å². The molecular formula is C21H28N8. The van der Waals surface area contributed by atoms with E-state index in [1.165, 1.54) is 0 Å². The lowest BCUT2D eigenvalue weighted by atomic mass is 9.82. The molecule has 1 aliphatic rings. The molecule has 152 valence electrons. The van der Waals surface area contributed by atoms with Crippen molar-refractivity contribution in [1.82, 2.24) is 30.4 Å². The summed E-state index contributed by atoms with van der Waals surface area (Å²) in [6, 6.07) is 4.63. The zero-order valence-corrected chi connectivity index (χ0v) is 17.2. The second-order valence-electron chi connectivity index (χ2n) is 7.90. The van der Waals surface area contributed by atoms with Crippen molar-refractivity contribution >= 4 is 5.82 Å². The molecule has 3 aromatic heterocycles. The molecule has 1 aliphatic carbocycles. The summed E-state index contributed by atoms with van der Waals surface area (Å²) in [7, 11) is 2.08. The second-order valence-corrected chi connectivity index (χ2v) is 7.90. The third-order valence-electron chi connectivity index (χ3n) is 5.92.